The van der Waals surface area contributed by atoms with Crippen LogP contribution in [0.5, 0.6) is 0 Å². The molecule has 4 nitrogen and oxygen atoms in total. The van der Waals surface area contributed by atoms with Crippen LogP contribution in [0, 0.1) is 0 Å². The third kappa shape index (κ3) is 3.62. The first-order chi connectivity index (χ1) is 10.4. The van der Waals surface area contributed by atoms with Crippen molar-refractivity contribution in [2.24, 2.45) is 0 Å². The topological polar surface area (TPSA) is 38.1 Å². The van der Waals surface area contributed by atoms with Gasteiger partial charge in [0.15, 0.2) is 0 Å². The molecule has 0 N–H and O–H groups in total. The van der Waals surface area contributed by atoms with Gasteiger partial charge < -0.3 is 4.90 Å². The Kier molecular flexibility index (Phi) is 4.14. The number of halogens is 3. The Labute approximate surface area is 127 Å². The van der Waals surface area contributed by atoms with Crippen molar-refractivity contribution in [1.82, 2.24) is 14.7 Å². The van der Waals surface area contributed by atoms with Gasteiger partial charge >= 0.3 is 6.18 Å². The maximum absolute atomic E-state index is 12.7. The van der Waals surface area contributed by atoms with E-state index in [0.29, 0.717) is 12.8 Å². The average molecular weight is 315 g/mol. The van der Waals surface area contributed by atoms with Crippen molar-refractivity contribution in [2.45, 2.75) is 63.2 Å². The van der Waals surface area contributed by atoms with Gasteiger partial charge in [-0.05, 0) is 25.7 Å². The minimum absolute atomic E-state index is 0.265. The van der Waals surface area contributed by atoms with Gasteiger partial charge in [-0.2, -0.15) is 18.3 Å². The third-order valence-electron chi connectivity index (χ3n) is 4.40. The highest BCUT2D eigenvalue weighted by Crippen LogP contribution is 2.32. The van der Waals surface area contributed by atoms with Crippen LogP contribution in [-0.2, 0) is 0 Å². The number of alkyl halides is 3. The molecule has 0 spiro atoms. The van der Waals surface area contributed by atoms with Crippen molar-refractivity contribution in [3.05, 3.63) is 18.0 Å². The SMILES string of the molecule is O=C(c1cnn(C2CCCCC2)c1)N(CC(F)(F)F)C1CC1. The van der Waals surface area contributed by atoms with Gasteiger partial charge in [-0.3, -0.25) is 9.48 Å². The van der Waals surface area contributed by atoms with Gasteiger partial charge in [-0.15, -0.1) is 0 Å². The van der Waals surface area contributed by atoms with Crippen LogP contribution in [0.3, 0.4) is 0 Å². The van der Waals surface area contributed by atoms with E-state index < -0.39 is 18.6 Å². The van der Waals surface area contributed by atoms with E-state index in [4.69, 9.17) is 0 Å². The predicted molar refractivity (Wildman–Crippen MR) is 74.5 cm³/mol. The molecule has 0 saturated heterocycles. The number of nitrogens with zero attached hydrogens (tertiary/aromatic N) is 3. The van der Waals surface area contributed by atoms with Crippen LogP contribution in [0.1, 0.15) is 61.3 Å². The number of rotatable bonds is 4. The summed E-state index contributed by atoms with van der Waals surface area (Å²) >= 11 is 0. The fourth-order valence-corrected chi connectivity index (χ4v) is 3.11. The maximum Gasteiger partial charge on any atom is 0.406 e. The lowest BCUT2D eigenvalue weighted by Gasteiger charge is -2.23. The molecule has 1 aromatic rings. The van der Waals surface area contributed by atoms with Crippen molar-refractivity contribution in [3.63, 3.8) is 0 Å². The molecule has 2 aliphatic carbocycles. The molecule has 2 aliphatic rings. The summed E-state index contributed by atoms with van der Waals surface area (Å²) in [5, 5.41) is 4.21. The fourth-order valence-electron chi connectivity index (χ4n) is 3.11. The monoisotopic (exact) mass is 315 g/mol. The molecule has 0 unspecified atom stereocenters. The lowest BCUT2D eigenvalue weighted by Crippen LogP contribution is -2.40. The highest BCUT2D eigenvalue weighted by molar-refractivity contribution is 5.94. The van der Waals surface area contributed by atoms with Crippen molar-refractivity contribution in [3.8, 4) is 0 Å². The maximum atomic E-state index is 12.7. The second kappa shape index (κ2) is 5.93. The molecule has 1 heterocycles. The number of carbonyl (C=O) groups excluding carboxylic acids is 1. The molecule has 0 atom stereocenters. The molecule has 2 saturated carbocycles. The Hall–Kier alpha value is -1.53. The Morgan fingerprint density at radius 3 is 2.50 bits per heavy atom. The zero-order chi connectivity index (χ0) is 15.7. The minimum atomic E-state index is -4.36. The fraction of sp³-hybridized carbons (Fsp3) is 0.733. The van der Waals surface area contributed by atoms with Gasteiger partial charge in [-0.1, -0.05) is 19.3 Å². The van der Waals surface area contributed by atoms with E-state index in [0.717, 1.165) is 30.6 Å². The van der Waals surface area contributed by atoms with Gasteiger partial charge in [0, 0.05) is 12.2 Å². The summed E-state index contributed by atoms with van der Waals surface area (Å²) in [4.78, 5) is 13.3. The molecule has 1 aromatic heterocycles. The summed E-state index contributed by atoms with van der Waals surface area (Å²) in [5.41, 5.74) is 0.265. The minimum Gasteiger partial charge on any atom is -0.326 e. The first-order valence-electron chi connectivity index (χ1n) is 7.86. The number of hydrogen-bond acceptors (Lipinski definition) is 2. The van der Waals surface area contributed by atoms with Crippen molar-refractivity contribution >= 4 is 5.91 Å². The average Bonchev–Trinajstić information content (AvgIpc) is 3.20. The lowest BCUT2D eigenvalue weighted by molar-refractivity contribution is -0.141. The molecule has 0 radical (unpaired) electrons. The zero-order valence-electron chi connectivity index (χ0n) is 12.4. The first-order valence-corrected chi connectivity index (χ1v) is 7.86. The van der Waals surface area contributed by atoms with Crippen molar-refractivity contribution < 1.29 is 18.0 Å². The summed E-state index contributed by atoms with van der Waals surface area (Å²) in [5.74, 6) is -0.554. The molecule has 2 fully saturated rings. The summed E-state index contributed by atoms with van der Waals surface area (Å²) in [7, 11) is 0. The summed E-state index contributed by atoms with van der Waals surface area (Å²) < 4.78 is 39.7. The largest absolute Gasteiger partial charge is 0.406 e. The molecule has 0 bridgehead atoms. The van der Waals surface area contributed by atoms with E-state index >= 15 is 0 Å². The molecule has 3 rings (SSSR count). The Balaban J connectivity index is 1.71. The summed E-state index contributed by atoms with van der Waals surface area (Å²) in [6, 6.07) is -0.000512. The van der Waals surface area contributed by atoms with Gasteiger partial charge in [-0.25, -0.2) is 0 Å². The number of amides is 1. The van der Waals surface area contributed by atoms with Crippen LogP contribution in [0.4, 0.5) is 13.2 Å². The van der Waals surface area contributed by atoms with Crippen LogP contribution in [0.15, 0.2) is 12.4 Å². The molecular formula is C15H20F3N3O. The molecule has 0 aliphatic heterocycles. The highest BCUT2D eigenvalue weighted by atomic mass is 19.4. The lowest BCUT2D eigenvalue weighted by atomic mass is 9.96. The molecular weight excluding hydrogens is 295 g/mol. The number of hydrogen-bond donors (Lipinski definition) is 0. The normalized spacial score (nSPS) is 20.1. The molecule has 122 valence electrons. The Morgan fingerprint density at radius 2 is 1.91 bits per heavy atom. The predicted octanol–water partition coefficient (Wildman–Crippen LogP) is 3.56. The van der Waals surface area contributed by atoms with Crippen LogP contribution in [-0.4, -0.2) is 39.4 Å². The van der Waals surface area contributed by atoms with Gasteiger partial charge in [0.25, 0.3) is 5.91 Å². The Morgan fingerprint density at radius 1 is 1.23 bits per heavy atom. The van der Waals surface area contributed by atoms with Crippen LogP contribution in [0.25, 0.3) is 0 Å². The zero-order valence-corrected chi connectivity index (χ0v) is 12.4. The number of carbonyl (C=O) groups is 1. The van der Waals surface area contributed by atoms with Crippen LogP contribution >= 0.6 is 0 Å². The third-order valence-corrected chi connectivity index (χ3v) is 4.40. The van der Waals surface area contributed by atoms with Crippen LogP contribution in [0.2, 0.25) is 0 Å². The quantitative estimate of drug-likeness (QED) is 0.852. The van der Waals surface area contributed by atoms with Gasteiger partial charge in [0.1, 0.15) is 6.54 Å². The van der Waals surface area contributed by atoms with E-state index in [1.54, 1.807) is 10.9 Å². The van der Waals surface area contributed by atoms with Gasteiger partial charge in [0.2, 0.25) is 0 Å². The number of aromatic nitrogens is 2. The summed E-state index contributed by atoms with van der Waals surface area (Å²) in [6.07, 6.45) is 5.48. The second-order valence-electron chi connectivity index (χ2n) is 6.28. The second-order valence-corrected chi connectivity index (χ2v) is 6.28. The van der Waals surface area contributed by atoms with Crippen molar-refractivity contribution in [2.75, 3.05) is 6.54 Å². The van der Waals surface area contributed by atoms with Crippen molar-refractivity contribution in [1.29, 1.82) is 0 Å². The van der Waals surface area contributed by atoms with E-state index in [1.807, 2.05) is 0 Å². The molecule has 22 heavy (non-hydrogen) atoms. The van der Waals surface area contributed by atoms with E-state index in [-0.39, 0.29) is 17.6 Å². The van der Waals surface area contributed by atoms with E-state index in [2.05, 4.69) is 5.10 Å². The summed E-state index contributed by atoms with van der Waals surface area (Å²) in [6.45, 7) is -1.18. The smallest absolute Gasteiger partial charge is 0.326 e. The Bertz CT molecular complexity index is 530. The highest BCUT2D eigenvalue weighted by Gasteiger charge is 2.41. The standard InChI is InChI=1S/C15H20F3N3O/c16-15(17,18)10-20(12-6-7-12)14(22)11-8-19-21(9-11)13-4-2-1-3-5-13/h8-9,12-13H,1-7,10H2. The first kappa shape index (κ1) is 15.4. The van der Waals surface area contributed by atoms with E-state index in [9.17, 15) is 18.0 Å². The van der Waals surface area contributed by atoms with E-state index in [1.165, 1.54) is 12.6 Å². The molecule has 0 aromatic carbocycles. The molecule has 7 heteroatoms. The van der Waals surface area contributed by atoms with Crippen LogP contribution < -0.4 is 0 Å². The van der Waals surface area contributed by atoms with Gasteiger partial charge in [0.05, 0.1) is 17.8 Å². The molecule has 1 amide bonds.